The molecule has 0 amide bonds. The smallest absolute Gasteiger partial charge is 0.338 e. The van der Waals surface area contributed by atoms with Crippen molar-refractivity contribution in [1.82, 2.24) is 0 Å². The number of hydrogen-bond donors (Lipinski definition) is 0. The molecule has 18 heavy (non-hydrogen) atoms. The molecule has 0 spiro atoms. The third kappa shape index (κ3) is 2.69. The zero-order valence-electron chi connectivity index (χ0n) is 9.57. The fourth-order valence-electron chi connectivity index (χ4n) is 1.52. The Bertz CT molecular complexity index is 558. The summed E-state index contributed by atoms with van der Waals surface area (Å²) in [6, 6.07) is 7.07. The molecule has 1 heterocycles. The number of halogens is 2. The van der Waals surface area contributed by atoms with Gasteiger partial charge in [0.25, 0.3) is 0 Å². The first-order chi connectivity index (χ1) is 8.63. The Morgan fingerprint density at radius 2 is 2.00 bits per heavy atom. The lowest BCUT2D eigenvalue weighted by Gasteiger charge is -2.03. The number of ether oxygens (including phenoxy) is 1. The maximum atomic E-state index is 11.6. The summed E-state index contributed by atoms with van der Waals surface area (Å²) in [5.41, 5.74) is 1.27. The van der Waals surface area contributed by atoms with Crippen LogP contribution in [0.4, 0.5) is 0 Å². The van der Waals surface area contributed by atoms with Gasteiger partial charge in [-0.05, 0) is 25.1 Å². The van der Waals surface area contributed by atoms with E-state index in [4.69, 9.17) is 27.9 Å². The Kier molecular flexibility index (Phi) is 4.27. The van der Waals surface area contributed by atoms with E-state index >= 15 is 0 Å². The molecular weight excluding hydrogens is 291 g/mol. The van der Waals surface area contributed by atoms with Crippen molar-refractivity contribution in [3.05, 3.63) is 45.3 Å². The molecule has 2 aromatic rings. The van der Waals surface area contributed by atoms with Crippen LogP contribution < -0.4 is 0 Å². The van der Waals surface area contributed by atoms with Gasteiger partial charge < -0.3 is 4.74 Å². The number of rotatable bonds is 3. The molecule has 0 saturated heterocycles. The largest absolute Gasteiger partial charge is 0.462 e. The van der Waals surface area contributed by atoms with Crippen LogP contribution in [0, 0.1) is 0 Å². The number of thiophene rings is 1. The Hall–Kier alpha value is -1.03. The first-order valence-electron chi connectivity index (χ1n) is 5.33. The van der Waals surface area contributed by atoms with E-state index in [1.54, 1.807) is 36.6 Å². The Morgan fingerprint density at radius 3 is 2.61 bits per heavy atom. The monoisotopic (exact) mass is 300 g/mol. The van der Waals surface area contributed by atoms with E-state index < -0.39 is 0 Å². The second-order valence-electron chi connectivity index (χ2n) is 3.52. The normalized spacial score (nSPS) is 10.4. The van der Waals surface area contributed by atoms with Crippen molar-refractivity contribution >= 4 is 40.5 Å². The van der Waals surface area contributed by atoms with Crippen LogP contribution in [0.5, 0.6) is 0 Å². The van der Waals surface area contributed by atoms with Gasteiger partial charge in [0.15, 0.2) is 0 Å². The van der Waals surface area contributed by atoms with E-state index in [-0.39, 0.29) is 5.97 Å². The number of esters is 1. The maximum absolute atomic E-state index is 11.6. The summed E-state index contributed by atoms with van der Waals surface area (Å²) in [6.07, 6.45) is 0. The lowest BCUT2D eigenvalue weighted by molar-refractivity contribution is 0.0527. The number of hydrogen-bond acceptors (Lipinski definition) is 3. The summed E-state index contributed by atoms with van der Waals surface area (Å²) in [5.74, 6) is -0.330. The van der Waals surface area contributed by atoms with Crippen molar-refractivity contribution < 1.29 is 9.53 Å². The molecule has 1 aromatic heterocycles. The molecule has 0 atom stereocenters. The van der Waals surface area contributed by atoms with Crippen molar-refractivity contribution in [3.8, 4) is 10.4 Å². The summed E-state index contributed by atoms with van der Waals surface area (Å²) in [4.78, 5) is 12.4. The summed E-state index contributed by atoms with van der Waals surface area (Å²) >= 11 is 13.7. The summed E-state index contributed by atoms with van der Waals surface area (Å²) in [7, 11) is 0. The second-order valence-corrected chi connectivity index (χ2v) is 5.24. The van der Waals surface area contributed by atoms with E-state index in [0.29, 0.717) is 22.2 Å². The van der Waals surface area contributed by atoms with Crippen LogP contribution >= 0.6 is 34.5 Å². The van der Waals surface area contributed by atoms with Crippen molar-refractivity contribution in [3.63, 3.8) is 0 Å². The van der Waals surface area contributed by atoms with Gasteiger partial charge in [0.05, 0.1) is 22.2 Å². The topological polar surface area (TPSA) is 26.3 Å². The average Bonchev–Trinajstić information content (AvgIpc) is 2.78. The van der Waals surface area contributed by atoms with Gasteiger partial charge in [0, 0.05) is 15.8 Å². The third-order valence-electron chi connectivity index (χ3n) is 2.32. The third-order valence-corrected chi connectivity index (χ3v) is 3.90. The molecule has 0 aliphatic rings. The predicted molar refractivity (Wildman–Crippen MR) is 75.7 cm³/mol. The van der Waals surface area contributed by atoms with Crippen molar-refractivity contribution in [2.45, 2.75) is 6.92 Å². The Morgan fingerprint density at radius 1 is 1.33 bits per heavy atom. The standard InChI is InChI=1S/C13H10Cl2O2S/c1-2-17-13(16)8-6-11(18-7-8)12-9(14)4-3-5-10(12)15/h3-7H,2H2,1H3. The zero-order valence-corrected chi connectivity index (χ0v) is 11.9. The molecule has 94 valence electrons. The van der Waals surface area contributed by atoms with Gasteiger partial charge in [-0.15, -0.1) is 11.3 Å². The summed E-state index contributed by atoms with van der Waals surface area (Å²) < 4.78 is 4.94. The van der Waals surface area contributed by atoms with Crippen LogP contribution in [0.2, 0.25) is 10.0 Å². The van der Waals surface area contributed by atoms with E-state index in [9.17, 15) is 4.79 Å². The highest BCUT2D eigenvalue weighted by atomic mass is 35.5. The quantitative estimate of drug-likeness (QED) is 0.754. The van der Waals surface area contributed by atoms with Crippen molar-refractivity contribution in [1.29, 1.82) is 0 Å². The van der Waals surface area contributed by atoms with E-state index in [1.807, 2.05) is 0 Å². The first-order valence-corrected chi connectivity index (χ1v) is 6.97. The molecule has 0 N–H and O–H groups in total. The molecule has 0 aliphatic heterocycles. The minimum atomic E-state index is -0.330. The molecule has 0 radical (unpaired) electrons. The van der Waals surface area contributed by atoms with Crippen LogP contribution in [0.15, 0.2) is 29.6 Å². The maximum Gasteiger partial charge on any atom is 0.338 e. The molecule has 1 aromatic carbocycles. The highest BCUT2D eigenvalue weighted by molar-refractivity contribution is 7.14. The molecule has 2 rings (SSSR count). The van der Waals surface area contributed by atoms with Gasteiger partial charge in [-0.3, -0.25) is 0 Å². The lowest BCUT2D eigenvalue weighted by atomic mass is 10.1. The highest BCUT2D eigenvalue weighted by Crippen LogP contribution is 2.38. The van der Waals surface area contributed by atoms with E-state index in [2.05, 4.69) is 0 Å². The van der Waals surface area contributed by atoms with Gasteiger partial charge in [0.2, 0.25) is 0 Å². The second kappa shape index (κ2) is 5.74. The van der Waals surface area contributed by atoms with Gasteiger partial charge >= 0.3 is 5.97 Å². The minimum absolute atomic E-state index is 0.330. The molecule has 5 heteroatoms. The van der Waals surface area contributed by atoms with Gasteiger partial charge in [-0.25, -0.2) is 4.79 Å². The van der Waals surface area contributed by atoms with Crippen LogP contribution in [-0.2, 0) is 4.74 Å². The summed E-state index contributed by atoms with van der Waals surface area (Å²) in [5, 5.41) is 2.88. The Labute approximate surface area is 119 Å². The fraction of sp³-hybridized carbons (Fsp3) is 0.154. The van der Waals surface area contributed by atoms with Crippen molar-refractivity contribution in [2.24, 2.45) is 0 Å². The van der Waals surface area contributed by atoms with E-state index in [0.717, 1.165) is 10.4 Å². The lowest BCUT2D eigenvalue weighted by Crippen LogP contribution is -2.02. The van der Waals surface area contributed by atoms with Gasteiger partial charge in [-0.1, -0.05) is 29.3 Å². The average molecular weight is 301 g/mol. The van der Waals surface area contributed by atoms with Crippen LogP contribution in [-0.4, -0.2) is 12.6 Å². The number of carbonyl (C=O) groups is 1. The summed E-state index contributed by atoms with van der Waals surface area (Å²) in [6.45, 7) is 2.13. The van der Waals surface area contributed by atoms with Crippen LogP contribution in [0.25, 0.3) is 10.4 Å². The molecular formula is C13H10Cl2O2S. The SMILES string of the molecule is CCOC(=O)c1csc(-c2c(Cl)cccc2Cl)c1. The first kappa shape index (κ1) is 13.4. The molecule has 0 aliphatic carbocycles. The zero-order chi connectivity index (χ0) is 13.1. The van der Waals surface area contributed by atoms with Gasteiger partial charge in [0.1, 0.15) is 0 Å². The molecule has 0 fully saturated rings. The predicted octanol–water partition coefficient (Wildman–Crippen LogP) is 4.90. The van der Waals surface area contributed by atoms with Gasteiger partial charge in [-0.2, -0.15) is 0 Å². The minimum Gasteiger partial charge on any atom is -0.462 e. The number of carbonyl (C=O) groups excluding carboxylic acids is 1. The highest BCUT2D eigenvalue weighted by Gasteiger charge is 2.14. The Balaban J connectivity index is 2.38. The molecule has 0 saturated carbocycles. The fourth-order valence-corrected chi connectivity index (χ4v) is 3.19. The number of benzene rings is 1. The molecule has 0 unspecified atom stereocenters. The van der Waals surface area contributed by atoms with Crippen LogP contribution in [0.1, 0.15) is 17.3 Å². The van der Waals surface area contributed by atoms with Crippen LogP contribution in [0.3, 0.4) is 0 Å². The van der Waals surface area contributed by atoms with Crippen molar-refractivity contribution in [2.75, 3.05) is 6.61 Å². The molecule has 0 bridgehead atoms. The van der Waals surface area contributed by atoms with E-state index in [1.165, 1.54) is 11.3 Å². The molecule has 2 nitrogen and oxygen atoms in total.